The van der Waals surface area contributed by atoms with E-state index in [0.717, 1.165) is 5.56 Å². The molecular formula is C16H13ClN2O. The fourth-order valence-corrected chi connectivity index (χ4v) is 2.58. The van der Waals surface area contributed by atoms with Gasteiger partial charge < -0.3 is 9.67 Å². The quantitative estimate of drug-likeness (QED) is 0.801. The third kappa shape index (κ3) is 2.01. The molecule has 1 N–H and O–H groups in total. The van der Waals surface area contributed by atoms with Crippen LogP contribution >= 0.6 is 11.6 Å². The second kappa shape index (κ2) is 5.12. The van der Waals surface area contributed by atoms with Crippen molar-refractivity contribution in [3.8, 4) is 0 Å². The summed E-state index contributed by atoms with van der Waals surface area (Å²) in [5.41, 5.74) is -0.0345. The number of nitrogens with zero attached hydrogens (tertiary/aromatic N) is 2. The summed E-state index contributed by atoms with van der Waals surface area (Å²) < 4.78 is 1.64. The van der Waals surface area contributed by atoms with Crippen molar-refractivity contribution in [2.24, 2.45) is 0 Å². The van der Waals surface area contributed by atoms with Gasteiger partial charge in [0.05, 0.1) is 6.33 Å². The molecule has 3 nitrogen and oxygen atoms in total. The van der Waals surface area contributed by atoms with Crippen LogP contribution < -0.4 is 0 Å². The molecule has 0 spiro atoms. The molecular weight excluding hydrogens is 272 g/mol. The number of aromatic nitrogens is 2. The highest BCUT2D eigenvalue weighted by atomic mass is 35.5. The maximum absolute atomic E-state index is 11.3. The maximum atomic E-state index is 11.3. The third-order valence-corrected chi connectivity index (χ3v) is 3.63. The molecule has 0 amide bonds. The minimum absolute atomic E-state index is 0.507. The lowest BCUT2D eigenvalue weighted by Crippen LogP contribution is -2.35. The molecule has 4 heteroatoms. The fourth-order valence-electron chi connectivity index (χ4n) is 2.31. The van der Waals surface area contributed by atoms with E-state index >= 15 is 0 Å². The molecule has 2 aromatic carbocycles. The van der Waals surface area contributed by atoms with Gasteiger partial charge in [0, 0.05) is 28.5 Å². The van der Waals surface area contributed by atoms with Crippen LogP contribution in [-0.2, 0) is 5.72 Å². The van der Waals surface area contributed by atoms with Crippen LogP contribution in [0.15, 0.2) is 73.3 Å². The number of halogens is 1. The molecule has 0 saturated heterocycles. The van der Waals surface area contributed by atoms with Gasteiger partial charge in [-0.3, -0.25) is 0 Å². The van der Waals surface area contributed by atoms with Crippen molar-refractivity contribution in [1.82, 2.24) is 9.55 Å². The summed E-state index contributed by atoms with van der Waals surface area (Å²) in [5.74, 6) is 0. The topological polar surface area (TPSA) is 38.0 Å². The molecule has 20 heavy (non-hydrogen) atoms. The predicted molar refractivity (Wildman–Crippen MR) is 78.5 cm³/mol. The molecule has 100 valence electrons. The molecule has 0 fully saturated rings. The van der Waals surface area contributed by atoms with Crippen LogP contribution in [0.25, 0.3) is 0 Å². The SMILES string of the molecule is OC(c1ccccc1)(c1ccccc1Cl)n1ccnc1. The second-order valence-electron chi connectivity index (χ2n) is 4.49. The van der Waals surface area contributed by atoms with Crippen LogP contribution in [0.1, 0.15) is 11.1 Å². The van der Waals surface area contributed by atoms with Crippen molar-refractivity contribution in [1.29, 1.82) is 0 Å². The molecule has 3 aromatic rings. The number of benzene rings is 2. The van der Waals surface area contributed by atoms with Crippen LogP contribution in [0.5, 0.6) is 0 Å². The second-order valence-corrected chi connectivity index (χ2v) is 4.90. The zero-order valence-electron chi connectivity index (χ0n) is 10.6. The van der Waals surface area contributed by atoms with Gasteiger partial charge in [-0.25, -0.2) is 4.98 Å². The molecule has 3 rings (SSSR count). The number of imidazole rings is 1. The van der Waals surface area contributed by atoms with E-state index in [1.54, 1.807) is 29.4 Å². The Morgan fingerprint density at radius 1 is 1.00 bits per heavy atom. The van der Waals surface area contributed by atoms with Crippen molar-refractivity contribution in [2.45, 2.75) is 5.72 Å². The van der Waals surface area contributed by atoms with E-state index in [0.29, 0.717) is 10.6 Å². The Morgan fingerprint density at radius 3 is 2.35 bits per heavy atom. The first-order chi connectivity index (χ1) is 9.73. The van der Waals surface area contributed by atoms with E-state index in [9.17, 15) is 5.11 Å². The average molecular weight is 285 g/mol. The van der Waals surface area contributed by atoms with E-state index in [2.05, 4.69) is 4.98 Å². The van der Waals surface area contributed by atoms with Gasteiger partial charge in [0.25, 0.3) is 0 Å². The van der Waals surface area contributed by atoms with Crippen molar-refractivity contribution < 1.29 is 5.11 Å². The summed E-state index contributed by atoms with van der Waals surface area (Å²) in [4.78, 5) is 4.03. The van der Waals surface area contributed by atoms with Gasteiger partial charge in [-0.1, -0.05) is 60.1 Å². The lowest BCUT2D eigenvalue weighted by atomic mass is 9.94. The van der Waals surface area contributed by atoms with Gasteiger partial charge in [-0.15, -0.1) is 0 Å². The first-order valence-corrected chi connectivity index (χ1v) is 6.62. The van der Waals surface area contributed by atoms with Crippen molar-refractivity contribution in [2.75, 3.05) is 0 Å². The van der Waals surface area contributed by atoms with Crippen LogP contribution in [0.3, 0.4) is 0 Å². The Labute approximate surface area is 122 Å². The normalized spacial score (nSPS) is 13.9. The maximum Gasteiger partial charge on any atom is 0.197 e. The standard InChI is InChI=1S/C16H13ClN2O/c17-15-9-5-4-8-14(15)16(20,19-11-10-18-12-19)13-6-2-1-3-7-13/h1-12,20H. The van der Waals surface area contributed by atoms with E-state index in [1.807, 2.05) is 48.5 Å². The number of rotatable bonds is 3. The summed E-state index contributed by atoms with van der Waals surface area (Å²) in [6.45, 7) is 0. The van der Waals surface area contributed by atoms with Gasteiger partial charge in [-0.05, 0) is 6.07 Å². The van der Waals surface area contributed by atoms with Crippen LogP contribution in [0, 0.1) is 0 Å². The molecule has 1 unspecified atom stereocenters. The molecule has 0 bridgehead atoms. The molecule has 0 radical (unpaired) electrons. The average Bonchev–Trinajstić information content (AvgIpc) is 3.03. The molecule has 0 saturated carbocycles. The van der Waals surface area contributed by atoms with Crippen LogP contribution in [0.2, 0.25) is 5.02 Å². The summed E-state index contributed by atoms with van der Waals surface area (Å²) in [5, 5.41) is 11.8. The van der Waals surface area contributed by atoms with Crippen molar-refractivity contribution >= 4 is 11.6 Å². The number of aliphatic hydroxyl groups is 1. The Bertz CT molecular complexity index is 698. The largest absolute Gasteiger partial charge is 0.363 e. The Kier molecular flexibility index (Phi) is 3.30. The molecule has 0 aliphatic rings. The summed E-state index contributed by atoms with van der Waals surface area (Å²) in [6, 6.07) is 16.7. The van der Waals surface area contributed by atoms with Gasteiger partial charge in [-0.2, -0.15) is 0 Å². The monoisotopic (exact) mass is 284 g/mol. The van der Waals surface area contributed by atoms with E-state index in [4.69, 9.17) is 11.6 Å². The van der Waals surface area contributed by atoms with Crippen LogP contribution in [-0.4, -0.2) is 14.7 Å². The first-order valence-electron chi connectivity index (χ1n) is 6.24. The van der Waals surface area contributed by atoms with Crippen LogP contribution in [0.4, 0.5) is 0 Å². The smallest absolute Gasteiger partial charge is 0.197 e. The third-order valence-electron chi connectivity index (χ3n) is 3.30. The Hall–Kier alpha value is -2.10. The highest BCUT2D eigenvalue weighted by Crippen LogP contribution is 2.35. The molecule has 1 heterocycles. The zero-order valence-corrected chi connectivity index (χ0v) is 11.4. The van der Waals surface area contributed by atoms with Gasteiger partial charge >= 0.3 is 0 Å². The Morgan fingerprint density at radius 2 is 1.70 bits per heavy atom. The minimum atomic E-state index is -1.38. The van der Waals surface area contributed by atoms with Gasteiger partial charge in [0.2, 0.25) is 0 Å². The summed E-state index contributed by atoms with van der Waals surface area (Å²) in [7, 11) is 0. The number of hydrogen-bond acceptors (Lipinski definition) is 2. The zero-order chi connectivity index (χ0) is 14.0. The minimum Gasteiger partial charge on any atom is -0.363 e. The highest BCUT2D eigenvalue weighted by molar-refractivity contribution is 6.31. The first kappa shape index (κ1) is 12.9. The van der Waals surface area contributed by atoms with E-state index in [1.165, 1.54) is 0 Å². The summed E-state index contributed by atoms with van der Waals surface area (Å²) in [6.07, 6.45) is 4.93. The molecule has 0 aliphatic heterocycles. The Balaban J connectivity index is 2.28. The van der Waals surface area contributed by atoms with Gasteiger partial charge in [0.1, 0.15) is 0 Å². The molecule has 0 aliphatic carbocycles. The number of hydrogen-bond donors (Lipinski definition) is 1. The summed E-state index contributed by atoms with van der Waals surface area (Å²) >= 11 is 6.28. The van der Waals surface area contributed by atoms with Crippen molar-refractivity contribution in [3.63, 3.8) is 0 Å². The van der Waals surface area contributed by atoms with E-state index < -0.39 is 5.72 Å². The lowest BCUT2D eigenvalue weighted by molar-refractivity contribution is 0.0486. The molecule has 1 atom stereocenters. The fraction of sp³-hybridized carbons (Fsp3) is 0.0625. The van der Waals surface area contributed by atoms with Crippen molar-refractivity contribution in [3.05, 3.63) is 89.5 Å². The van der Waals surface area contributed by atoms with E-state index in [-0.39, 0.29) is 0 Å². The van der Waals surface area contributed by atoms with Gasteiger partial charge in [0.15, 0.2) is 5.72 Å². The lowest BCUT2D eigenvalue weighted by Gasteiger charge is -2.31. The highest BCUT2D eigenvalue weighted by Gasteiger charge is 2.35. The molecule has 1 aromatic heterocycles. The predicted octanol–water partition coefficient (Wildman–Crippen LogP) is 3.28.